The second-order valence-electron chi connectivity index (χ2n) is 8.24. The first-order valence-electron chi connectivity index (χ1n) is 8.96. The van der Waals surface area contributed by atoms with E-state index in [1.807, 2.05) is 13.8 Å². The number of carbonyl (C=O) groups excluding carboxylic acids is 2. The molecular weight excluding hydrogens is 304 g/mol. The standard InChI is InChI=1S/C20H28O4/c1-12-6-5-7-15-19(3,9-8-14-10-16(21)24-11-14)13(2)17(22)18(23)20(12,15)4/h6,10,13,15,18,23H,5,7-9,11H2,1-4H3/t13-,15-,18+,19+,20+/m1/s1. The normalized spacial score (nSPS) is 42.3. The number of hydrogen-bond donors (Lipinski definition) is 1. The number of allylic oxidation sites excluding steroid dienone is 1. The van der Waals surface area contributed by atoms with Crippen LogP contribution in [-0.2, 0) is 14.3 Å². The van der Waals surface area contributed by atoms with Crippen molar-refractivity contribution in [3.8, 4) is 0 Å². The second-order valence-corrected chi connectivity index (χ2v) is 8.24. The lowest BCUT2D eigenvalue weighted by Crippen LogP contribution is -2.61. The fourth-order valence-corrected chi connectivity index (χ4v) is 5.22. The Labute approximate surface area is 144 Å². The average Bonchev–Trinajstić information content (AvgIpc) is 2.97. The van der Waals surface area contributed by atoms with Crippen LogP contribution in [-0.4, -0.2) is 29.6 Å². The van der Waals surface area contributed by atoms with E-state index in [1.165, 1.54) is 0 Å². The van der Waals surface area contributed by atoms with E-state index in [4.69, 9.17) is 4.74 Å². The van der Waals surface area contributed by atoms with Crippen molar-refractivity contribution in [2.24, 2.45) is 22.7 Å². The van der Waals surface area contributed by atoms with Crippen LogP contribution in [0.2, 0.25) is 0 Å². The molecule has 4 heteroatoms. The lowest BCUT2D eigenvalue weighted by molar-refractivity contribution is -0.165. The summed E-state index contributed by atoms with van der Waals surface area (Å²) in [4.78, 5) is 24.1. The second kappa shape index (κ2) is 5.83. The molecule has 1 heterocycles. The van der Waals surface area contributed by atoms with E-state index < -0.39 is 11.5 Å². The van der Waals surface area contributed by atoms with Crippen LogP contribution in [0.4, 0.5) is 0 Å². The summed E-state index contributed by atoms with van der Waals surface area (Å²) < 4.78 is 5.00. The van der Waals surface area contributed by atoms with E-state index in [-0.39, 0.29) is 29.0 Å². The summed E-state index contributed by atoms with van der Waals surface area (Å²) in [5.41, 5.74) is 1.48. The van der Waals surface area contributed by atoms with Gasteiger partial charge in [0.2, 0.25) is 0 Å². The number of rotatable bonds is 3. The molecule has 1 fully saturated rings. The van der Waals surface area contributed by atoms with Gasteiger partial charge in [0.05, 0.1) is 0 Å². The molecule has 2 aliphatic carbocycles. The monoisotopic (exact) mass is 332 g/mol. The number of hydrogen-bond acceptors (Lipinski definition) is 4. The maximum atomic E-state index is 12.8. The fraction of sp³-hybridized carbons (Fsp3) is 0.700. The number of Topliss-reactive ketones (excluding diaryl/α,β-unsaturated/α-hetero) is 1. The van der Waals surface area contributed by atoms with Crippen molar-refractivity contribution in [1.29, 1.82) is 0 Å². The number of cyclic esters (lactones) is 1. The first-order valence-corrected chi connectivity index (χ1v) is 8.96. The Balaban J connectivity index is 1.92. The first kappa shape index (κ1) is 17.4. The van der Waals surface area contributed by atoms with E-state index in [2.05, 4.69) is 19.9 Å². The van der Waals surface area contributed by atoms with Crippen molar-refractivity contribution < 1.29 is 19.4 Å². The Morgan fingerprint density at radius 1 is 1.33 bits per heavy atom. The van der Waals surface area contributed by atoms with Gasteiger partial charge in [0.1, 0.15) is 12.7 Å². The highest BCUT2D eigenvalue weighted by atomic mass is 16.5. The van der Waals surface area contributed by atoms with Crippen LogP contribution < -0.4 is 0 Å². The first-order chi connectivity index (χ1) is 11.2. The highest BCUT2D eigenvalue weighted by molar-refractivity contribution is 5.88. The summed E-state index contributed by atoms with van der Waals surface area (Å²) in [7, 11) is 0. The van der Waals surface area contributed by atoms with Crippen molar-refractivity contribution in [2.75, 3.05) is 6.61 Å². The highest BCUT2D eigenvalue weighted by Gasteiger charge is 2.60. The summed E-state index contributed by atoms with van der Waals surface area (Å²) in [5, 5.41) is 10.8. The predicted molar refractivity (Wildman–Crippen MR) is 91.1 cm³/mol. The summed E-state index contributed by atoms with van der Waals surface area (Å²) in [6.45, 7) is 8.63. The van der Waals surface area contributed by atoms with Crippen LogP contribution in [0.1, 0.15) is 53.4 Å². The molecular formula is C20H28O4. The maximum Gasteiger partial charge on any atom is 0.331 e. The molecule has 0 spiro atoms. The van der Waals surface area contributed by atoms with Crippen LogP contribution >= 0.6 is 0 Å². The third kappa shape index (κ3) is 2.38. The molecule has 0 aromatic carbocycles. The summed E-state index contributed by atoms with van der Waals surface area (Å²) in [5.74, 6) is -0.232. The van der Waals surface area contributed by atoms with E-state index >= 15 is 0 Å². The van der Waals surface area contributed by atoms with E-state index in [1.54, 1.807) is 6.08 Å². The zero-order valence-electron chi connectivity index (χ0n) is 15.1. The van der Waals surface area contributed by atoms with Crippen molar-refractivity contribution in [3.63, 3.8) is 0 Å². The Morgan fingerprint density at radius 2 is 2.04 bits per heavy atom. The van der Waals surface area contributed by atoms with E-state index in [9.17, 15) is 14.7 Å². The van der Waals surface area contributed by atoms with Gasteiger partial charge in [-0.3, -0.25) is 4.79 Å². The lowest BCUT2D eigenvalue weighted by Gasteiger charge is -2.59. The Hall–Kier alpha value is -1.42. The highest BCUT2D eigenvalue weighted by Crippen LogP contribution is 2.60. The zero-order chi connectivity index (χ0) is 17.7. The fourth-order valence-electron chi connectivity index (χ4n) is 5.22. The van der Waals surface area contributed by atoms with Crippen LogP contribution in [0, 0.1) is 22.7 Å². The molecule has 0 aromatic rings. The Kier molecular flexibility index (Phi) is 4.23. The van der Waals surface area contributed by atoms with Crippen molar-refractivity contribution in [3.05, 3.63) is 23.3 Å². The summed E-state index contributed by atoms with van der Waals surface area (Å²) >= 11 is 0. The van der Waals surface area contributed by atoms with Crippen LogP contribution in [0.25, 0.3) is 0 Å². The number of ether oxygens (including phenoxy) is 1. The van der Waals surface area contributed by atoms with Gasteiger partial charge in [-0.25, -0.2) is 4.79 Å². The van der Waals surface area contributed by atoms with Crippen LogP contribution in [0.5, 0.6) is 0 Å². The molecule has 3 aliphatic rings. The average molecular weight is 332 g/mol. The third-order valence-corrected chi connectivity index (χ3v) is 7.24. The molecule has 0 unspecified atom stereocenters. The molecule has 24 heavy (non-hydrogen) atoms. The molecule has 3 rings (SSSR count). The molecule has 0 radical (unpaired) electrons. The number of aliphatic hydroxyl groups is 1. The van der Waals surface area contributed by atoms with Gasteiger partial charge >= 0.3 is 5.97 Å². The Morgan fingerprint density at radius 3 is 2.67 bits per heavy atom. The molecule has 0 saturated heterocycles. The Bertz CT molecular complexity index is 632. The quantitative estimate of drug-likeness (QED) is 0.637. The van der Waals surface area contributed by atoms with Crippen LogP contribution in [0.3, 0.4) is 0 Å². The van der Waals surface area contributed by atoms with Gasteiger partial charge < -0.3 is 9.84 Å². The largest absolute Gasteiger partial charge is 0.458 e. The molecule has 1 saturated carbocycles. The van der Waals surface area contributed by atoms with Gasteiger partial charge in [-0.05, 0) is 49.5 Å². The SMILES string of the molecule is CC1=CCC[C@@H]2[C@@](C)(CCC3=CC(=O)OC3)[C@H](C)C(=O)[C@H](O)[C@@]12C. The zero-order valence-corrected chi connectivity index (χ0v) is 15.1. The molecule has 0 bridgehead atoms. The van der Waals surface area contributed by atoms with Crippen molar-refractivity contribution >= 4 is 11.8 Å². The van der Waals surface area contributed by atoms with Crippen molar-refractivity contribution in [2.45, 2.75) is 59.5 Å². The van der Waals surface area contributed by atoms with Gasteiger partial charge in [-0.15, -0.1) is 0 Å². The summed E-state index contributed by atoms with van der Waals surface area (Å²) in [6, 6.07) is 0. The van der Waals surface area contributed by atoms with Gasteiger partial charge in [-0.1, -0.05) is 32.4 Å². The smallest absolute Gasteiger partial charge is 0.331 e. The minimum absolute atomic E-state index is 0.0429. The number of carbonyl (C=O) groups is 2. The van der Waals surface area contributed by atoms with Crippen molar-refractivity contribution in [1.82, 2.24) is 0 Å². The maximum absolute atomic E-state index is 12.8. The van der Waals surface area contributed by atoms with Gasteiger partial charge in [0.25, 0.3) is 0 Å². The minimum atomic E-state index is -0.919. The summed E-state index contributed by atoms with van der Waals surface area (Å²) in [6.07, 6.45) is 6.44. The topological polar surface area (TPSA) is 63.6 Å². The molecule has 0 amide bonds. The molecule has 5 atom stereocenters. The lowest BCUT2D eigenvalue weighted by atomic mass is 9.45. The molecule has 0 aromatic heterocycles. The van der Waals surface area contributed by atoms with Gasteiger partial charge in [-0.2, -0.15) is 0 Å². The molecule has 4 nitrogen and oxygen atoms in total. The molecule has 1 N–H and O–H groups in total. The number of aliphatic hydroxyl groups excluding tert-OH is 1. The van der Waals surface area contributed by atoms with E-state index in [0.717, 1.165) is 36.8 Å². The number of fused-ring (bicyclic) bond motifs is 1. The third-order valence-electron chi connectivity index (χ3n) is 7.24. The van der Waals surface area contributed by atoms with Gasteiger partial charge in [0.15, 0.2) is 5.78 Å². The number of ketones is 1. The number of esters is 1. The van der Waals surface area contributed by atoms with E-state index in [0.29, 0.717) is 6.61 Å². The molecule has 1 aliphatic heterocycles. The molecule has 132 valence electrons. The van der Waals surface area contributed by atoms with Crippen LogP contribution in [0.15, 0.2) is 23.3 Å². The minimum Gasteiger partial charge on any atom is -0.458 e. The predicted octanol–water partition coefficient (Wildman–Crippen LogP) is 3.20. The van der Waals surface area contributed by atoms with Gasteiger partial charge in [0, 0.05) is 17.4 Å².